The number of rotatable bonds is 10. The molecule has 1 heterocycles. The summed E-state index contributed by atoms with van der Waals surface area (Å²) < 4.78 is 9.35. The SMILES string of the molecule is CC(C)C(=O)OCCCCCCn1c(=O)cc(-c2ccccc2)n(-c2ccccc2)c1=S. The van der Waals surface area contributed by atoms with Crippen LogP contribution in [0, 0.1) is 10.7 Å². The van der Waals surface area contributed by atoms with E-state index in [-0.39, 0.29) is 17.4 Å². The first-order valence-corrected chi connectivity index (χ1v) is 11.5. The van der Waals surface area contributed by atoms with E-state index in [4.69, 9.17) is 17.0 Å². The lowest BCUT2D eigenvalue weighted by Gasteiger charge is -2.17. The van der Waals surface area contributed by atoms with Gasteiger partial charge in [0.15, 0.2) is 4.77 Å². The van der Waals surface area contributed by atoms with Gasteiger partial charge in [-0.2, -0.15) is 0 Å². The first-order chi connectivity index (χ1) is 15.5. The lowest BCUT2D eigenvalue weighted by Crippen LogP contribution is -2.25. The van der Waals surface area contributed by atoms with Gasteiger partial charge in [0.05, 0.1) is 18.2 Å². The summed E-state index contributed by atoms with van der Waals surface area (Å²) in [6, 6.07) is 21.4. The highest BCUT2D eigenvalue weighted by atomic mass is 32.1. The molecule has 0 aliphatic heterocycles. The molecule has 168 valence electrons. The summed E-state index contributed by atoms with van der Waals surface area (Å²) in [6.45, 7) is 4.67. The maximum absolute atomic E-state index is 12.9. The molecular formula is C26H30N2O3S. The zero-order chi connectivity index (χ0) is 22.9. The summed E-state index contributed by atoms with van der Waals surface area (Å²) in [5.41, 5.74) is 2.57. The Balaban J connectivity index is 1.75. The number of unbranched alkanes of at least 4 members (excludes halogenated alkanes) is 3. The molecule has 0 N–H and O–H groups in total. The number of aromatic nitrogens is 2. The van der Waals surface area contributed by atoms with Gasteiger partial charge in [-0.3, -0.25) is 18.7 Å². The van der Waals surface area contributed by atoms with Crippen molar-refractivity contribution >= 4 is 18.2 Å². The molecule has 0 bridgehead atoms. The highest BCUT2D eigenvalue weighted by molar-refractivity contribution is 7.71. The molecule has 3 aromatic rings. The van der Waals surface area contributed by atoms with Gasteiger partial charge >= 0.3 is 5.97 Å². The quantitative estimate of drug-likeness (QED) is 0.223. The lowest BCUT2D eigenvalue weighted by atomic mass is 10.1. The molecule has 0 aliphatic carbocycles. The topological polar surface area (TPSA) is 53.2 Å². The summed E-state index contributed by atoms with van der Waals surface area (Å²) in [6.07, 6.45) is 3.53. The third-order valence-corrected chi connectivity index (χ3v) is 5.67. The number of carbonyl (C=O) groups is 1. The normalized spacial score (nSPS) is 11.0. The average molecular weight is 451 g/mol. The predicted molar refractivity (Wildman–Crippen MR) is 131 cm³/mol. The fourth-order valence-corrected chi connectivity index (χ4v) is 3.88. The van der Waals surface area contributed by atoms with Crippen molar-refractivity contribution in [2.75, 3.05) is 6.61 Å². The van der Waals surface area contributed by atoms with Crippen LogP contribution in [0.5, 0.6) is 0 Å². The minimum Gasteiger partial charge on any atom is -0.465 e. The second-order valence-corrected chi connectivity index (χ2v) is 8.44. The van der Waals surface area contributed by atoms with E-state index in [0.29, 0.717) is 17.9 Å². The Labute approximate surface area is 194 Å². The van der Waals surface area contributed by atoms with Gasteiger partial charge in [0.1, 0.15) is 0 Å². The number of hydrogen-bond acceptors (Lipinski definition) is 4. The van der Waals surface area contributed by atoms with Gasteiger partial charge in [-0.15, -0.1) is 0 Å². The predicted octanol–water partition coefficient (Wildman–Crippen LogP) is 5.80. The minimum atomic E-state index is -0.156. The lowest BCUT2D eigenvalue weighted by molar-refractivity contribution is -0.147. The Morgan fingerprint density at radius 2 is 1.56 bits per heavy atom. The Morgan fingerprint density at radius 3 is 2.22 bits per heavy atom. The Bertz CT molecular complexity index is 1140. The number of ether oxygens (including phenoxy) is 1. The van der Waals surface area contributed by atoms with E-state index in [1.165, 1.54) is 0 Å². The van der Waals surface area contributed by atoms with E-state index in [1.54, 1.807) is 10.6 Å². The summed E-state index contributed by atoms with van der Waals surface area (Å²) in [5, 5.41) is 0. The fourth-order valence-electron chi connectivity index (χ4n) is 3.50. The van der Waals surface area contributed by atoms with E-state index in [1.807, 2.05) is 79.1 Å². The van der Waals surface area contributed by atoms with Crippen LogP contribution in [0.1, 0.15) is 39.5 Å². The molecule has 0 spiro atoms. The van der Waals surface area contributed by atoms with Crippen molar-refractivity contribution in [2.45, 2.75) is 46.1 Å². The fraction of sp³-hybridized carbons (Fsp3) is 0.346. The van der Waals surface area contributed by atoms with Crippen LogP contribution in [0.15, 0.2) is 71.5 Å². The molecular weight excluding hydrogens is 420 g/mol. The number of nitrogens with zero attached hydrogens (tertiary/aromatic N) is 2. The van der Waals surface area contributed by atoms with Crippen LogP contribution in [0.4, 0.5) is 0 Å². The average Bonchev–Trinajstić information content (AvgIpc) is 2.80. The molecule has 32 heavy (non-hydrogen) atoms. The molecule has 0 atom stereocenters. The first kappa shape index (κ1) is 23.7. The molecule has 5 nitrogen and oxygen atoms in total. The van der Waals surface area contributed by atoms with E-state index < -0.39 is 0 Å². The number of esters is 1. The molecule has 0 saturated carbocycles. The molecule has 6 heteroatoms. The van der Waals surface area contributed by atoms with E-state index in [9.17, 15) is 9.59 Å². The Hall–Kier alpha value is -2.99. The monoisotopic (exact) mass is 450 g/mol. The van der Waals surface area contributed by atoms with Crippen LogP contribution in [0.25, 0.3) is 16.9 Å². The molecule has 0 amide bonds. The van der Waals surface area contributed by atoms with Crippen LogP contribution in [-0.2, 0) is 16.1 Å². The molecule has 0 saturated heterocycles. The van der Waals surface area contributed by atoms with E-state index in [2.05, 4.69) is 0 Å². The summed E-state index contributed by atoms with van der Waals surface area (Å²) >= 11 is 5.79. The third-order valence-electron chi connectivity index (χ3n) is 5.27. The van der Waals surface area contributed by atoms with Crippen molar-refractivity contribution in [3.05, 3.63) is 81.9 Å². The van der Waals surface area contributed by atoms with Crippen LogP contribution in [0.3, 0.4) is 0 Å². The van der Waals surface area contributed by atoms with Crippen molar-refractivity contribution in [1.29, 1.82) is 0 Å². The smallest absolute Gasteiger partial charge is 0.308 e. The van der Waals surface area contributed by atoms with Crippen molar-refractivity contribution in [3.8, 4) is 16.9 Å². The number of carbonyl (C=O) groups excluding carboxylic acids is 1. The molecule has 0 radical (unpaired) electrons. The highest BCUT2D eigenvalue weighted by Gasteiger charge is 2.12. The molecule has 0 unspecified atom stereocenters. The van der Waals surface area contributed by atoms with Crippen molar-refractivity contribution in [2.24, 2.45) is 5.92 Å². The van der Waals surface area contributed by atoms with Gasteiger partial charge in [0.2, 0.25) is 0 Å². The Morgan fingerprint density at radius 1 is 0.938 bits per heavy atom. The van der Waals surface area contributed by atoms with Crippen molar-refractivity contribution in [3.63, 3.8) is 0 Å². The standard InChI is InChI=1S/C26H30N2O3S/c1-20(2)25(30)31-18-12-4-3-11-17-27-24(29)19-23(21-13-7-5-8-14-21)28(26(27)32)22-15-9-6-10-16-22/h5-10,13-16,19-20H,3-4,11-12,17-18H2,1-2H3. The van der Waals surface area contributed by atoms with Gasteiger partial charge in [-0.05, 0) is 49.2 Å². The first-order valence-electron chi connectivity index (χ1n) is 11.1. The molecule has 2 aromatic carbocycles. The Kier molecular flexibility index (Phi) is 8.56. The van der Waals surface area contributed by atoms with Crippen LogP contribution >= 0.6 is 12.2 Å². The summed E-state index contributed by atoms with van der Waals surface area (Å²) in [5.74, 6) is -0.251. The van der Waals surface area contributed by atoms with Gasteiger partial charge in [-0.25, -0.2) is 0 Å². The molecule has 1 aromatic heterocycles. The minimum absolute atomic E-state index is 0.0908. The zero-order valence-corrected chi connectivity index (χ0v) is 19.5. The number of hydrogen-bond donors (Lipinski definition) is 0. The second-order valence-electron chi connectivity index (χ2n) is 8.08. The van der Waals surface area contributed by atoms with Crippen molar-refractivity contribution < 1.29 is 9.53 Å². The number of benzene rings is 2. The van der Waals surface area contributed by atoms with E-state index in [0.717, 1.165) is 42.6 Å². The van der Waals surface area contributed by atoms with Crippen LogP contribution in [-0.4, -0.2) is 21.7 Å². The van der Waals surface area contributed by atoms with Crippen LogP contribution < -0.4 is 5.56 Å². The van der Waals surface area contributed by atoms with Gasteiger partial charge in [0.25, 0.3) is 5.56 Å². The van der Waals surface area contributed by atoms with Crippen LogP contribution in [0.2, 0.25) is 0 Å². The molecule has 0 aliphatic rings. The largest absolute Gasteiger partial charge is 0.465 e. The van der Waals surface area contributed by atoms with Gasteiger partial charge < -0.3 is 4.74 Å². The molecule has 0 fully saturated rings. The maximum atomic E-state index is 12.9. The summed E-state index contributed by atoms with van der Waals surface area (Å²) in [4.78, 5) is 24.4. The van der Waals surface area contributed by atoms with E-state index >= 15 is 0 Å². The van der Waals surface area contributed by atoms with Gasteiger partial charge in [0, 0.05) is 18.3 Å². The number of para-hydroxylation sites is 1. The summed E-state index contributed by atoms with van der Waals surface area (Å²) in [7, 11) is 0. The van der Waals surface area contributed by atoms with Crippen molar-refractivity contribution in [1.82, 2.24) is 9.13 Å². The second kappa shape index (κ2) is 11.6. The third kappa shape index (κ3) is 6.04. The van der Waals surface area contributed by atoms with Gasteiger partial charge in [-0.1, -0.05) is 68.8 Å². The zero-order valence-electron chi connectivity index (χ0n) is 18.7. The highest BCUT2D eigenvalue weighted by Crippen LogP contribution is 2.22. The maximum Gasteiger partial charge on any atom is 0.308 e. The molecule has 3 rings (SSSR count).